The predicted octanol–water partition coefficient (Wildman–Crippen LogP) is 5.96. The highest BCUT2D eigenvalue weighted by molar-refractivity contribution is 5.91. The number of ether oxygens (including phenoxy) is 4. The minimum atomic E-state index is -0.989. The third-order valence-electron chi connectivity index (χ3n) is 14.1. The Hall–Kier alpha value is -4.65. The average Bonchev–Trinajstić information content (AvgIpc) is 3.21. The molecular formula is C46H60N4O9. The quantitative estimate of drug-likeness (QED) is 0.0643. The van der Waals surface area contributed by atoms with Crippen LogP contribution in [0.25, 0.3) is 0 Å². The first kappa shape index (κ1) is 41.1. The monoisotopic (exact) mass is 812 g/mol. The summed E-state index contributed by atoms with van der Waals surface area (Å²) in [5, 5.41) is 8.25. The maximum absolute atomic E-state index is 13.4. The first-order chi connectivity index (χ1) is 28.6. The lowest BCUT2D eigenvalue weighted by Gasteiger charge is -2.53. The molecule has 0 heterocycles. The largest absolute Gasteiger partial charge is 0.514 e. The number of hydrogen-bond acceptors (Lipinski definition) is 10. The number of esters is 1. The van der Waals surface area contributed by atoms with Crippen LogP contribution in [-0.2, 0) is 41.6 Å². The molecule has 3 amide bonds. The molecule has 13 heteroatoms. The van der Waals surface area contributed by atoms with Crippen molar-refractivity contribution in [3.8, 4) is 5.75 Å². The molecule has 5 N–H and O–H groups in total. The van der Waals surface area contributed by atoms with Crippen molar-refractivity contribution in [1.82, 2.24) is 16.0 Å². The molecule has 8 saturated carbocycles. The molecular weight excluding hydrogens is 753 g/mol. The molecule has 0 saturated heterocycles. The van der Waals surface area contributed by atoms with E-state index in [0.717, 1.165) is 86.2 Å². The molecule has 8 aliphatic carbocycles. The number of unbranched alkanes of at least 4 members (excludes halogenated alkanes) is 1. The van der Waals surface area contributed by atoms with Crippen LogP contribution in [0.1, 0.15) is 94.6 Å². The van der Waals surface area contributed by atoms with Crippen molar-refractivity contribution in [3.05, 3.63) is 65.7 Å². The van der Waals surface area contributed by atoms with Crippen LogP contribution in [0.3, 0.4) is 0 Å². The number of hydrogen-bond donors (Lipinski definition) is 4. The van der Waals surface area contributed by atoms with Crippen LogP contribution in [0.2, 0.25) is 0 Å². The van der Waals surface area contributed by atoms with Crippen LogP contribution in [0.5, 0.6) is 5.75 Å². The summed E-state index contributed by atoms with van der Waals surface area (Å²) in [6, 6.07) is 14.0. The molecule has 0 unspecified atom stereocenters. The summed E-state index contributed by atoms with van der Waals surface area (Å²) in [7, 11) is 0. The summed E-state index contributed by atoms with van der Waals surface area (Å²) >= 11 is 0. The summed E-state index contributed by atoms with van der Waals surface area (Å²) in [6.07, 6.45) is 12.2. The highest BCUT2D eigenvalue weighted by Crippen LogP contribution is 2.55. The Morgan fingerprint density at radius 3 is 1.81 bits per heavy atom. The van der Waals surface area contributed by atoms with E-state index >= 15 is 0 Å². The lowest BCUT2D eigenvalue weighted by molar-refractivity contribution is -0.145. The Morgan fingerprint density at radius 1 is 0.644 bits per heavy atom. The molecule has 8 aliphatic rings. The Labute approximate surface area is 346 Å². The van der Waals surface area contributed by atoms with Gasteiger partial charge >= 0.3 is 18.2 Å². The highest BCUT2D eigenvalue weighted by atomic mass is 16.7. The van der Waals surface area contributed by atoms with Crippen molar-refractivity contribution in [3.63, 3.8) is 0 Å². The van der Waals surface area contributed by atoms with E-state index in [1.165, 1.54) is 12.8 Å². The zero-order chi connectivity index (χ0) is 40.9. The molecule has 0 aromatic heterocycles. The van der Waals surface area contributed by atoms with E-state index in [2.05, 4.69) is 16.0 Å². The number of carbonyl (C=O) groups excluding carboxylic acids is 5. The lowest BCUT2D eigenvalue weighted by atomic mass is 9.55. The minimum Gasteiger partial charge on any atom is -0.460 e. The van der Waals surface area contributed by atoms with Crippen molar-refractivity contribution < 1.29 is 42.9 Å². The first-order valence-corrected chi connectivity index (χ1v) is 22.1. The number of amides is 3. The normalized spacial score (nSPS) is 30.5. The second-order valence-electron chi connectivity index (χ2n) is 18.5. The second-order valence-corrected chi connectivity index (χ2v) is 18.5. The highest BCUT2D eigenvalue weighted by Gasteiger charge is 2.51. The van der Waals surface area contributed by atoms with E-state index in [1.54, 1.807) is 24.3 Å². The van der Waals surface area contributed by atoms with Crippen molar-refractivity contribution in [2.45, 2.75) is 121 Å². The molecule has 8 bridgehead atoms. The molecule has 59 heavy (non-hydrogen) atoms. The Morgan fingerprint density at radius 2 is 1.22 bits per heavy atom. The van der Waals surface area contributed by atoms with Gasteiger partial charge in [0, 0.05) is 6.54 Å². The van der Waals surface area contributed by atoms with Crippen molar-refractivity contribution >= 4 is 30.0 Å². The number of rotatable bonds is 17. The zero-order valence-electron chi connectivity index (χ0n) is 33.9. The Kier molecular flexibility index (Phi) is 13.0. The molecule has 2 atom stereocenters. The van der Waals surface area contributed by atoms with E-state index in [9.17, 15) is 24.0 Å². The first-order valence-electron chi connectivity index (χ1n) is 22.1. The van der Waals surface area contributed by atoms with Crippen LogP contribution in [0.4, 0.5) is 9.59 Å². The third-order valence-corrected chi connectivity index (χ3v) is 14.1. The summed E-state index contributed by atoms with van der Waals surface area (Å²) in [4.78, 5) is 64.7. The van der Waals surface area contributed by atoms with E-state index in [1.807, 2.05) is 30.3 Å². The Bertz CT molecular complexity index is 1750. The topological polar surface area (TPSA) is 184 Å². The van der Waals surface area contributed by atoms with Crippen LogP contribution in [0, 0.1) is 47.3 Å². The maximum atomic E-state index is 13.4. The molecule has 13 nitrogen and oxygen atoms in total. The fourth-order valence-electron chi connectivity index (χ4n) is 11.9. The summed E-state index contributed by atoms with van der Waals surface area (Å²) < 4.78 is 22.6. The number of nitrogens with one attached hydrogen (secondary N) is 3. The summed E-state index contributed by atoms with van der Waals surface area (Å²) in [5.41, 5.74) is 7.90. The fourth-order valence-corrected chi connectivity index (χ4v) is 11.9. The van der Waals surface area contributed by atoms with E-state index < -0.39 is 42.1 Å². The lowest BCUT2D eigenvalue weighted by Crippen LogP contribution is -2.52. The Balaban J connectivity index is 0.788. The molecule has 2 aromatic rings. The molecule has 10 rings (SSSR count). The smallest absolute Gasteiger partial charge is 0.460 e. The van der Waals surface area contributed by atoms with Gasteiger partial charge in [0.15, 0.2) is 0 Å². The molecule has 0 spiro atoms. The molecule has 0 aliphatic heterocycles. The van der Waals surface area contributed by atoms with Crippen LogP contribution >= 0.6 is 0 Å². The van der Waals surface area contributed by atoms with Gasteiger partial charge in [-0.2, -0.15) is 0 Å². The molecule has 0 radical (unpaired) electrons. The number of carbonyl (C=O) groups is 5. The van der Waals surface area contributed by atoms with Crippen molar-refractivity contribution in [1.29, 1.82) is 0 Å². The zero-order valence-corrected chi connectivity index (χ0v) is 33.9. The van der Waals surface area contributed by atoms with Gasteiger partial charge in [-0.25, -0.2) is 9.59 Å². The van der Waals surface area contributed by atoms with Crippen LogP contribution in [0.15, 0.2) is 54.6 Å². The average molecular weight is 813 g/mol. The van der Waals surface area contributed by atoms with Crippen LogP contribution < -0.4 is 26.4 Å². The molecule has 318 valence electrons. The number of nitrogens with two attached hydrogens (primary N) is 1. The number of benzene rings is 2. The summed E-state index contributed by atoms with van der Waals surface area (Å²) in [6.45, 7) is 0.0643. The van der Waals surface area contributed by atoms with Gasteiger partial charge in [-0.05, 0) is 160 Å². The molecule has 2 aromatic carbocycles. The third kappa shape index (κ3) is 10.6. The maximum Gasteiger partial charge on any atom is 0.514 e. The van der Waals surface area contributed by atoms with Gasteiger partial charge in [-0.1, -0.05) is 42.5 Å². The van der Waals surface area contributed by atoms with E-state index in [0.29, 0.717) is 48.8 Å². The predicted molar refractivity (Wildman–Crippen MR) is 216 cm³/mol. The van der Waals surface area contributed by atoms with Gasteiger partial charge in [0.25, 0.3) is 0 Å². The number of alkyl carbamates (subject to hydrolysis) is 1. The van der Waals surface area contributed by atoms with Gasteiger partial charge in [0.2, 0.25) is 11.8 Å². The minimum absolute atomic E-state index is 0.000735. The van der Waals surface area contributed by atoms with Crippen LogP contribution in [-0.4, -0.2) is 67.4 Å². The second kappa shape index (κ2) is 18.7. The van der Waals surface area contributed by atoms with Gasteiger partial charge < -0.3 is 40.6 Å². The van der Waals surface area contributed by atoms with E-state index in [4.69, 9.17) is 24.7 Å². The summed E-state index contributed by atoms with van der Waals surface area (Å²) in [5.74, 6) is 3.61. The fraction of sp³-hybridized carbons (Fsp3) is 0.630. The van der Waals surface area contributed by atoms with Gasteiger partial charge in [-0.3, -0.25) is 14.4 Å². The molecule has 8 fully saturated rings. The van der Waals surface area contributed by atoms with Gasteiger partial charge in [0.1, 0.15) is 37.2 Å². The van der Waals surface area contributed by atoms with Crippen molar-refractivity contribution in [2.24, 2.45) is 53.1 Å². The van der Waals surface area contributed by atoms with Gasteiger partial charge in [0.05, 0.1) is 6.04 Å². The SMILES string of the molecule is N[C@@H](Cc1ccc(OC(=O)OC2C3CC4CC(C3)CC2C4)cc1)C(=O)N[C@@H](CCCCNC(=O)OC1C2CC3CC(C2)CC1C3)C(=O)NCC(=O)OCc1ccccc1. The van der Waals surface area contributed by atoms with Crippen molar-refractivity contribution in [2.75, 3.05) is 13.1 Å². The van der Waals surface area contributed by atoms with Gasteiger partial charge in [-0.15, -0.1) is 0 Å². The van der Waals surface area contributed by atoms with E-state index in [-0.39, 0.29) is 38.2 Å². The standard InChI is InChI=1S/C46H60N4O9/c47-38(24-27-9-11-37(12-10-27)57-46(55)59-42-35-20-31-15-32(22-35)23-36(42)21-31)43(52)50-39(44(53)49-25-40(51)56-26-28-6-2-1-3-7-28)8-4-5-13-48-45(54)58-41-33-16-29-14-30(18-33)19-34(41)17-29/h1-3,6-7,9-12,29-36,38-39,41-42H,4-5,8,13-26,47H2,(H,48,54)(H,49,53)(H,50,52)/t29?,30?,31?,32?,33?,34?,35?,36?,38-,39-,41?,42?/m0/s1.